The first-order valence-corrected chi connectivity index (χ1v) is 8.66. The molecule has 0 spiro atoms. The van der Waals surface area contributed by atoms with Crippen LogP contribution >= 0.6 is 0 Å². The van der Waals surface area contributed by atoms with Crippen LogP contribution in [0, 0.1) is 0 Å². The number of hydrogen-bond acceptors (Lipinski definition) is 3. The van der Waals surface area contributed by atoms with Gasteiger partial charge in [0.25, 0.3) is 0 Å². The van der Waals surface area contributed by atoms with Crippen LogP contribution in [0.2, 0.25) is 0 Å². The molecule has 1 aromatic carbocycles. The molecule has 1 N–H and O–H groups in total. The average Bonchev–Trinajstić information content (AvgIpc) is 3.22. The van der Waals surface area contributed by atoms with Gasteiger partial charge in [-0.25, -0.2) is 9.48 Å². The molecule has 0 bridgehead atoms. The summed E-state index contributed by atoms with van der Waals surface area (Å²) in [6.45, 7) is 6.45. The van der Waals surface area contributed by atoms with Crippen LogP contribution in [-0.4, -0.2) is 15.9 Å². The van der Waals surface area contributed by atoms with Crippen LogP contribution < -0.4 is 5.32 Å². The van der Waals surface area contributed by atoms with E-state index in [0.29, 0.717) is 11.7 Å². The molecule has 1 heterocycles. The van der Waals surface area contributed by atoms with Crippen molar-refractivity contribution in [3.63, 3.8) is 0 Å². The zero-order valence-corrected chi connectivity index (χ0v) is 15.0. The fraction of sp³-hybridized carbons (Fsp3) is 0.400. The number of carbonyl (C=O) groups is 1. The summed E-state index contributed by atoms with van der Waals surface area (Å²) in [5, 5.41) is 7.59. The average molecular weight is 339 g/mol. The summed E-state index contributed by atoms with van der Waals surface area (Å²) in [6, 6.07) is 11.6. The van der Waals surface area contributed by atoms with Crippen LogP contribution in [-0.2, 0) is 16.9 Å². The van der Waals surface area contributed by atoms with E-state index < -0.39 is 6.09 Å². The molecule has 1 aromatic heterocycles. The molecule has 0 radical (unpaired) electrons. The van der Waals surface area contributed by atoms with Gasteiger partial charge in [0.05, 0.1) is 11.2 Å². The van der Waals surface area contributed by atoms with E-state index >= 15 is 0 Å². The molecular weight excluding hydrogens is 314 g/mol. The Morgan fingerprint density at radius 3 is 2.56 bits per heavy atom. The van der Waals surface area contributed by atoms with Gasteiger partial charge < -0.3 is 4.74 Å². The van der Waals surface area contributed by atoms with E-state index in [4.69, 9.17) is 9.84 Å². The Kier molecular flexibility index (Phi) is 4.93. The van der Waals surface area contributed by atoms with Gasteiger partial charge in [-0.3, -0.25) is 5.32 Å². The van der Waals surface area contributed by atoms with E-state index in [-0.39, 0.29) is 12.1 Å². The van der Waals surface area contributed by atoms with Crippen LogP contribution in [0.4, 0.5) is 10.6 Å². The van der Waals surface area contributed by atoms with Crippen molar-refractivity contribution in [1.82, 2.24) is 9.78 Å². The minimum Gasteiger partial charge on any atom is -0.444 e. The second-order valence-electron chi connectivity index (χ2n) is 7.36. The smallest absolute Gasteiger partial charge is 0.413 e. The summed E-state index contributed by atoms with van der Waals surface area (Å²) in [4.78, 5) is 12.2. The molecule has 5 nitrogen and oxygen atoms in total. The minimum atomic E-state index is -0.467. The van der Waals surface area contributed by atoms with E-state index in [0.717, 1.165) is 24.1 Å². The number of ether oxygens (including phenoxy) is 1. The summed E-state index contributed by atoms with van der Waals surface area (Å²) < 4.78 is 7.20. The highest BCUT2D eigenvalue weighted by Gasteiger charge is 2.24. The van der Waals surface area contributed by atoms with Crippen LogP contribution in [0.1, 0.15) is 50.8 Å². The standard InChI is InChI=1S/C20H25N3O2/c1-20(2,3)23-18(13-17(22-23)16-11-7-8-12-16)21-19(24)25-14-15-9-5-4-6-10-15/h4-10,13,16H,11-12,14H2,1-3H3,(H,21,24). The number of amides is 1. The molecule has 1 aliphatic carbocycles. The maximum absolute atomic E-state index is 12.2. The maximum Gasteiger partial charge on any atom is 0.413 e. The van der Waals surface area contributed by atoms with Crippen molar-refractivity contribution in [2.75, 3.05) is 5.32 Å². The maximum atomic E-state index is 12.2. The third-order valence-corrected chi connectivity index (χ3v) is 4.23. The van der Waals surface area contributed by atoms with E-state index in [1.54, 1.807) is 0 Å². The van der Waals surface area contributed by atoms with Gasteiger partial charge in [0.15, 0.2) is 0 Å². The molecule has 5 heteroatoms. The van der Waals surface area contributed by atoms with Crippen molar-refractivity contribution in [3.05, 3.63) is 59.8 Å². The van der Waals surface area contributed by atoms with Crippen molar-refractivity contribution in [3.8, 4) is 0 Å². The zero-order valence-electron chi connectivity index (χ0n) is 15.0. The highest BCUT2D eigenvalue weighted by Crippen LogP contribution is 2.32. The Balaban J connectivity index is 1.70. The molecule has 25 heavy (non-hydrogen) atoms. The van der Waals surface area contributed by atoms with Crippen LogP contribution in [0.3, 0.4) is 0 Å². The monoisotopic (exact) mass is 339 g/mol. The number of anilines is 1. The molecule has 0 saturated heterocycles. The lowest BCUT2D eigenvalue weighted by Crippen LogP contribution is -2.27. The van der Waals surface area contributed by atoms with Crippen LogP contribution in [0.25, 0.3) is 0 Å². The van der Waals surface area contributed by atoms with Crippen LogP contribution in [0.5, 0.6) is 0 Å². The normalized spacial score (nSPS) is 14.7. The Labute approximate surface area is 148 Å². The first-order valence-electron chi connectivity index (χ1n) is 8.66. The van der Waals surface area contributed by atoms with E-state index in [2.05, 4.69) is 38.2 Å². The summed E-state index contributed by atoms with van der Waals surface area (Å²) in [6.07, 6.45) is 5.90. The quantitative estimate of drug-likeness (QED) is 0.813. The van der Waals surface area contributed by atoms with Gasteiger partial charge in [0.2, 0.25) is 0 Å². The van der Waals surface area contributed by atoms with Gasteiger partial charge in [-0.1, -0.05) is 42.5 Å². The van der Waals surface area contributed by atoms with Crippen molar-refractivity contribution in [2.45, 2.75) is 51.7 Å². The number of aromatic nitrogens is 2. The summed E-state index contributed by atoms with van der Waals surface area (Å²) >= 11 is 0. The van der Waals surface area contributed by atoms with Gasteiger partial charge in [-0.2, -0.15) is 5.10 Å². The highest BCUT2D eigenvalue weighted by molar-refractivity contribution is 5.83. The lowest BCUT2D eigenvalue weighted by Gasteiger charge is -2.22. The molecule has 2 aromatic rings. The largest absolute Gasteiger partial charge is 0.444 e. The summed E-state index contributed by atoms with van der Waals surface area (Å²) in [7, 11) is 0. The van der Waals surface area contributed by atoms with Crippen molar-refractivity contribution < 1.29 is 9.53 Å². The van der Waals surface area contributed by atoms with Gasteiger partial charge in [-0.15, -0.1) is 0 Å². The number of rotatable bonds is 4. The minimum absolute atomic E-state index is 0.230. The topological polar surface area (TPSA) is 56.2 Å². The van der Waals surface area contributed by atoms with Crippen molar-refractivity contribution in [1.29, 1.82) is 0 Å². The second-order valence-corrected chi connectivity index (χ2v) is 7.36. The number of carbonyl (C=O) groups excluding carboxylic acids is 1. The predicted octanol–water partition coefficient (Wildman–Crippen LogP) is 4.82. The number of nitrogens with zero attached hydrogens (tertiary/aromatic N) is 2. The lowest BCUT2D eigenvalue weighted by atomic mass is 10.0. The van der Waals surface area contributed by atoms with Crippen molar-refractivity contribution >= 4 is 11.9 Å². The fourth-order valence-electron chi connectivity index (χ4n) is 2.92. The molecule has 0 atom stereocenters. The molecule has 1 aliphatic rings. The predicted molar refractivity (Wildman–Crippen MR) is 98.6 cm³/mol. The Bertz CT molecular complexity index is 749. The molecule has 0 unspecified atom stereocenters. The van der Waals surface area contributed by atoms with E-state index in [1.807, 2.05) is 41.1 Å². The Morgan fingerprint density at radius 1 is 1.24 bits per heavy atom. The molecule has 1 amide bonds. The SMILES string of the molecule is CC(C)(C)n1nc(C2CC=CC2)cc1NC(=O)OCc1ccccc1. The second kappa shape index (κ2) is 7.13. The highest BCUT2D eigenvalue weighted by atomic mass is 16.5. The van der Waals surface area contributed by atoms with Crippen LogP contribution in [0.15, 0.2) is 48.6 Å². The number of nitrogens with one attached hydrogen (secondary N) is 1. The molecular formula is C20H25N3O2. The molecule has 0 saturated carbocycles. The Morgan fingerprint density at radius 2 is 1.92 bits per heavy atom. The van der Waals surface area contributed by atoms with Gasteiger partial charge in [0.1, 0.15) is 12.4 Å². The lowest BCUT2D eigenvalue weighted by molar-refractivity contribution is 0.154. The third kappa shape index (κ3) is 4.29. The summed E-state index contributed by atoms with van der Waals surface area (Å²) in [5.41, 5.74) is 1.74. The molecule has 0 aliphatic heterocycles. The van der Waals surface area contributed by atoms with Gasteiger partial charge >= 0.3 is 6.09 Å². The summed E-state index contributed by atoms with van der Waals surface area (Å²) in [5.74, 6) is 1.07. The third-order valence-electron chi connectivity index (χ3n) is 4.23. The molecule has 3 rings (SSSR count). The number of benzene rings is 1. The number of allylic oxidation sites excluding steroid dienone is 2. The van der Waals surface area contributed by atoms with E-state index in [1.165, 1.54) is 0 Å². The first kappa shape index (κ1) is 17.3. The Hall–Kier alpha value is -2.56. The molecule has 0 fully saturated rings. The zero-order chi connectivity index (χ0) is 17.9. The van der Waals surface area contributed by atoms with Gasteiger partial charge in [0, 0.05) is 12.0 Å². The first-order chi connectivity index (χ1) is 11.9. The van der Waals surface area contributed by atoms with Gasteiger partial charge in [-0.05, 0) is 39.2 Å². The van der Waals surface area contributed by atoms with Crippen molar-refractivity contribution in [2.24, 2.45) is 0 Å². The fourth-order valence-corrected chi connectivity index (χ4v) is 2.92. The number of hydrogen-bond donors (Lipinski definition) is 1. The van der Waals surface area contributed by atoms with E-state index in [9.17, 15) is 4.79 Å². The molecule has 132 valence electrons.